The molecule has 3 aromatic rings. The number of halogens is 1. The van der Waals surface area contributed by atoms with Gasteiger partial charge in [0.15, 0.2) is 0 Å². The fourth-order valence-corrected chi connectivity index (χ4v) is 2.23. The van der Waals surface area contributed by atoms with E-state index in [1.807, 2.05) is 18.2 Å². The normalized spacial score (nSPS) is 12.6. The van der Waals surface area contributed by atoms with Gasteiger partial charge in [-0.2, -0.15) is 0 Å². The second-order valence-electron chi connectivity index (χ2n) is 4.48. The molecule has 1 atom stereocenters. The van der Waals surface area contributed by atoms with Crippen LogP contribution >= 0.6 is 0 Å². The SMILES string of the molecule is COc1ccc(C(O)c2coc3ccccc23)c(F)c1. The third-order valence-electron chi connectivity index (χ3n) is 3.31. The van der Waals surface area contributed by atoms with Crippen LogP contribution in [0.4, 0.5) is 4.39 Å². The first-order valence-electron chi connectivity index (χ1n) is 6.18. The Morgan fingerprint density at radius 2 is 1.95 bits per heavy atom. The topological polar surface area (TPSA) is 42.6 Å². The highest BCUT2D eigenvalue weighted by Crippen LogP contribution is 2.32. The maximum Gasteiger partial charge on any atom is 0.134 e. The third kappa shape index (κ3) is 2.04. The Labute approximate surface area is 115 Å². The van der Waals surface area contributed by atoms with Gasteiger partial charge in [0.25, 0.3) is 0 Å². The van der Waals surface area contributed by atoms with Gasteiger partial charge >= 0.3 is 0 Å². The van der Waals surface area contributed by atoms with E-state index in [2.05, 4.69) is 0 Å². The maximum absolute atomic E-state index is 14.0. The molecule has 4 heteroatoms. The van der Waals surface area contributed by atoms with E-state index in [1.165, 1.54) is 25.5 Å². The van der Waals surface area contributed by atoms with Crippen LogP contribution in [-0.2, 0) is 0 Å². The smallest absolute Gasteiger partial charge is 0.134 e. The van der Waals surface area contributed by atoms with Gasteiger partial charge in [0.2, 0.25) is 0 Å². The van der Waals surface area contributed by atoms with Gasteiger partial charge in [-0.05, 0) is 18.2 Å². The molecule has 3 nitrogen and oxygen atoms in total. The lowest BCUT2D eigenvalue weighted by molar-refractivity contribution is 0.215. The molecule has 3 rings (SSSR count). The lowest BCUT2D eigenvalue weighted by atomic mass is 10.0. The Balaban J connectivity index is 2.06. The number of rotatable bonds is 3. The number of benzene rings is 2. The Morgan fingerprint density at radius 1 is 1.15 bits per heavy atom. The summed E-state index contributed by atoms with van der Waals surface area (Å²) in [5, 5.41) is 11.2. The molecular formula is C16H13FO3. The molecule has 0 saturated carbocycles. The number of para-hydroxylation sites is 1. The van der Waals surface area contributed by atoms with Crippen molar-refractivity contribution in [3.05, 3.63) is 65.7 Å². The molecule has 0 aliphatic carbocycles. The number of fused-ring (bicyclic) bond motifs is 1. The minimum absolute atomic E-state index is 0.192. The first-order valence-corrected chi connectivity index (χ1v) is 6.18. The van der Waals surface area contributed by atoms with Gasteiger partial charge in [0.05, 0.1) is 13.4 Å². The summed E-state index contributed by atoms with van der Waals surface area (Å²) in [5.74, 6) is -0.0994. The van der Waals surface area contributed by atoms with Crippen LogP contribution in [0.15, 0.2) is 53.1 Å². The molecule has 0 saturated heterocycles. The van der Waals surface area contributed by atoms with Crippen molar-refractivity contribution in [2.24, 2.45) is 0 Å². The quantitative estimate of drug-likeness (QED) is 0.791. The van der Waals surface area contributed by atoms with E-state index in [-0.39, 0.29) is 5.56 Å². The summed E-state index contributed by atoms with van der Waals surface area (Å²) >= 11 is 0. The van der Waals surface area contributed by atoms with Gasteiger partial charge < -0.3 is 14.3 Å². The first-order chi connectivity index (χ1) is 9.70. The van der Waals surface area contributed by atoms with Gasteiger partial charge in [-0.3, -0.25) is 0 Å². The number of aliphatic hydroxyl groups is 1. The Hall–Kier alpha value is -2.33. The molecule has 0 radical (unpaired) electrons. The first kappa shape index (κ1) is 12.7. The lowest BCUT2D eigenvalue weighted by Crippen LogP contribution is -2.02. The average molecular weight is 272 g/mol. The zero-order chi connectivity index (χ0) is 14.1. The third-order valence-corrected chi connectivity index (χ3v) is 3.31. The highest BCUT2D eigenvalue weighted by Gasteiger charge is 2.19. The van der Waals surface area contributed by atoms with Gasteiger partial charge in [0, 0.05) is 22.6 Å². The summed E-state index contributed by atoms with van der Waals surface area (Å²) in [5.41, 5.74) is 1.40. The van der Waals surface area contributed by atoms with Crippen molar-refractivity contribution in [2.75, 3.05) is 7.11 Å². The molecule has 1 N–H and O–H groups in total. The number of methoxy groups -OCH3 is 1. The minimum Gasteiger partial charge on any atom is -0.497 e. The monoisotopic (exact) mass is 272 g/mol. The number of ether oxygens (including phenoxy) is 1. The van der Waals surface area contributed by atoms with E-state index >= 15 is 0 Å². The molecular weight excluding hydrogens is 259 g/mol. The van der Waals surface area contributed by atoms with Crippen molar-refractivity contribution in [3.8, 4) is 5.75 Å². The Kier molecular flexibility index (Phi) is 3.16. The highest BCUT2D eigenvalue weighted by atomic mass is 19.1. The highest BCUT2D eigenvalue weighted by molar-refractivity contribution is 5.81. The van der Waals surface area contributed by atoms with Crippen LogP contribution in [0, 0.1) is 5.82 Å². The number of hydrogen-bond acceptors (Lipinski definition) is 3. The predicted octanol–water partition coefficient (Wildman–Crippen LogP) is 3.66. The van der Waals surface area contributed by atoms with Crippen LogP contribution in [0.5, 0.6) is 5.75 Å². The second-order valence-corrected chi connectivity index (χ2v) is 4.48. The molecule has 0 fully saturated rings. The molecule has 0 amide bonds. The average Bonchev–Trinajstić information content (AvgIpc) is 2.90. The lowest BCUT2D eigenvalue weighted by Gasteiger charge is -2.11. The van der Waals surface area contributed by atoms with E-state index in [1.54, 1.807) is 12.1 Å². The van der Waals surface area contributed by atoms with Crippen LogP contribution in [0.1, 0.15) is 17.2 Å². The van der Waals surface area contributed by atoms with Crippen LogP contribution < -0.4 is 4.74 Å². The van der Waals surface area contributed by atoms with Crippen molar-refractivity contribution in [2.45, 2.75) is 6.10 Å². The summed E-state index contributed by atoms with van der Waals surface area (Å²) in [6.45, 7) is 0. The summed E-state index contributed by atoms with van der Waals surface area (Å²) in [7, 11) is 1.47. The summed E-state index contributed by atoms with van der Waals surface area (Å²) in [6.07, 6.45) is 0.378. The molecule has 1 heterocycles. The van der Waals surface area contributed by atoms with Crippen molar-refractivity contribution in [1.82, 2.24) is 0 Å². The molecule has 0 bridgehead atoms. The van der Waals surface area contributed by atoms with Crippen molar-refractivity contribution >= 4 is 11.0 Å². The fourth-order valence-electron chi connectivity index (χ4n) is 2.23. The van der Waals surface area contributed by atoms with Crippen LogP contribution in [-0.4, -0.2) is 12.2 Å². The molecule has 1 unspecified atom stereocenters. The largest absolute Gasteiger partial charge is 0.497 e. The molecule has 2 aromatic carbocycles. The van der Waals surface area contributed by atoms with Crippen molar-refractivity contribution in [1.29, 1.82) is 0 Å². The van der Waals surface area contributed by atoms with Gasteiger partial charge in [-0.15, -0.1) is 0 Å². The van der Waals surface area contributed by atoms with Crippen LogP contribution in [0.25, 0.3) is 11.0 Å². The predicted molar refractivity (Wildman–Crippen MR) is 73.2 cm³/mol. The van der Waals surface area contributed by atoms with Crippen molar-refractivity contribution in [3.63, 3.8) is 0 Å². The number of furan rings is 1. The summed E-state index contributed by atoms with van der Waals surface area (Å²) < 4.78 is 24.3. The molecule has 20 heavy (non-hydrogen) atoms. The fraction of sp³-hybridized carbons (Fsp3) is 0.125. The molecule has 102 valence electrons. The van der Waals surface area contributed by atoms with Crippen LogP contribution in [0.3, 0.4) is 0 Å². The van der Waals surface area contributed by atoms with Gasteiger partial charge in [0.1, 0.15) is 23.3 Å². The summed E-state index contributed by atoms with van der Waals surface area (Å²) in [6, 6.07) is 11.7. The van der Waals surface area contributed by atoms with E-state index in [0.29, 0.717) is 16.9 Å². The molecule has 0 aliphatic heterocycles. The zero-order valence-corrected chi connectivity index (χ0v) is 10.8. The van der Waals surface area contributed by atoms with E-state index < -0.39 is 11.9 Å². The molecule has 0 spiro atoms. The van der Waals surface area contributed by atoms with Gasteiger partial charge in [-0.1, -0.05) is 18.2 Å². The number of aliphatic hydroxyl groups excluding tert-OH is 1. The Bertz CT molecular complexity index is 748. The second kappa shape index (κ2) is 4.98. The standard InChI is InChI=1S/C16H13FO3/c1-19-10-6-7-12(14(17)8-10)16(18)13-9-20-15-5-3-2-4-11(13)15/h2-9,16,18H,1H3. The minimum atomic E-state index is -1.08. The van der Waals surface area contributed by atoms with Crippen molar-refractivity contribution < 1.29 is 18.7 Å². The van der Waals surface area contributed by atoms with E-state index in [9.17, 15) is 9.50 Å². The van der Waals surface area contributed by atoms with E-state index in [0.717, 1.165) is 5.39 Å². The summed E-state index contributed by atoms with van der Waals surface area (Å²) in [4.78, 5) is 0. The molecule has 1 aromatic heterocycles. The number of hydrogen-bond donors (Lipinski definition) is 1. The maximum atomic E-state index is 14.0. The Morgan fingerprint density at radius 3 is 2.70 bits per heavy atom. The van der Waals surface area contributed by atoms with Gasteiger partial charge in [-0.25, -0.2) is 4.39 Å². The zero-order valence-electron chi connectivity index (χ0n) is 10.8. The van der Waals surface area contributed by atoms with Crippen LogP contribution in [0.2, 0.25) is 0 Å². The van der Waals surface area contributed by atoms with E-state index in [4.69, 9.17) is 9.15 Å². The molecule has 0 aliphatic rings.